The fourth-order valence-corrected chi connectivity index (χ4v) is 1.92. The Morgan fingerprint density at radius 1 is 1.11 bits per heavy atom. The highest BCUT2D eigenvalue weighted by atomic mass is 79.9. The lowest BCUT2D eigenvalue weighted by atomic mass is 10.1. The summed E-state index contributed by atoms with van der Waals surface area (Å²) in [4.78, 5) is 3.96. The Labute approximate surface area is 115 Å². The minimum absolute atomic E-state index is 0.486. The quantitative estimate of drug-likeness (QED) is 0.892. The van der Waals surface area contributed by atoms with Gasteiger partial charge in [-0.2, -0.15) is 0 Å². The summed E-state index contributed by atoms with van der Waals surface area (Å²) in [6.07, 6.45) is 3.05. The molecule has 1 aromatic heterocycles. The molecule has 4 heteroatoms. The van der Waals surface area contributed by atoms with Crippen molar-refractivity contribution in [2.45, 2.75) is 12.6 Å². The maximum absolute atomic E-state index is 10.00. The molecule has 0 aliphatic carbocycles. The third kappa shape index (κ3) is 3.91. The van der Waals surface area contributed by atoms with Crippen LogP contribution in [0.25, 0.3) is 0 Å². The monoisotopic (exact) mass is 306 g/mol. The van der Waals surface area contributed by atoms with Crippen molar-refractivity contribution in [1.29, 1.82) is 0 Å². The van der Waals surface area contributed by atoms with Gasteiger partial charge >= 0.3 is 0 Å². The number of hydrogen-bond donors (Lipinski definition) is 2. The summed E-state index contributed by atoms with van der Waals surface area (Å²) in [7, 11) is 0. The van der Waals surface area contributed by atoms with Crippen molar-refractivity contribution in [3.63, 3.8) is 0 Å². The van der Waals surface area contributed by atoms with Gasteiger partial charge in [0.2, 0.25) is 0 Å². The Kier molecular flexibility index (Phi) is 4.87. The molecule has 0 saturated carbocycles. The minimum Gasteiger partial charge on any atom is -0.387 e. The predicted octanol–water partition coefficient (Wildman–Crippen LogP) is 2.67. The van der Waals surface area contributed by atoms with Crippen LogP contribution in [0.2, 0.25) is 0 Å². The van der Waals surface area contributed by atoms with Crippen molar-refractivity contribution in [1.82, 2.24) is 10.3 Å². The summed E-state index contributed by atoms with van der Waals surface area (Å²) in [5.74, 6) is 0. The van der Waals surface area contributed by atoms with Crippen molar-refractivity contribution >= 4 is 15.9 Å². The molecule has 1 atom stereocenters. The van der Waals surface area contributed by atoms with Gasteiger partial charge in [0.05, 0.1) is 6.10 Å². The van der Waals surface area contributed by atoms with Gasteiger partial charge in [-0.1, -0.05) is 28.1 Å². The number of aromatic nitrogens is 1. The van der Waals surface area contributed by atoms with Crippen molar-refractivity contribution in [3.05, 3.63) is 64.4 Å². The molecule has 94 valence electrons. The van der Waals surface area contributed by atoms with E-state index in [1.165, 1.54) is 0 Å². The van der Waals surface area contributed by atoms with E-state index in [0.29, 0.717) is 6.54 Å². The number of benzene rings is 1. The smallest absolute Gasteiger partial charge is 0.0914 e. The lowest BCUT2D eigenvalue weighted by Crippen LogP contribution is -2.21. The summed E-state index contributed by atoms with van der Waals surface area (Å²) in [6, 6.07) is 11.6. The van der Waals surface area contributed by atoms with Crippen LogP contribution in [0, 0.1) is 0 Å². The number of rotatable bonds is 5. The number of nitrogens with zero attached hydrogens (tertiary/aromatic N) is 1. The molecule has 1 heterocycles. The molecule has 0 fully saturated rings. The first kappa shape index (κ1) is 13.2. The van der Waals surface area contributed by atoms with Gasteiger partial charge in [0.25, 0.3) is 0 Å². The molecule has 0 saturated heterocycles. The largest absolute Gasteiger partial charge is 0.387 e. The number of aliphatic hydroxyl groups excluding tert-OH is 1. The summed E-state index contributed by atoms with van der Waals surface area (Å²) in [5, 5.41) is 13.2. The summed E-state index contributed by atoms with van der Waals surface area (Å²) in [6.45, 7) is 1.26. The molecule has 0 radical (unpaired) electrons. The molecule has 1 aromatic carbocycles. The maximum Gasteiger partial charge on any atom is 0.0914 e. The van der Waals surface area contributed by atoms with Gasteiger partial charge in [0.15, 0.2) is 0 Å². The van der Waals surface area contributed by atoms with Crippen LogP contribution >= 0.6 is 15.9 Å². The number of pyridine rings is 1. The number of hydrogen-bond acceptors (Lipinski definition) is 3. The van der Waals surface area contributed by atoms with Crippen molar-refractivity contribution in [2.75, 3.05) is 6.54 Å². The van der Waals surface area contributed by atoms with Crippen LogP contribution in [-0.4, -0.2) is 16.6 Å². The average molecular weight is 307 g/mol. The van der Waals surface area contributed by atoms with E-state index in [0.717, 1.165) is 22.1 Å². The number of aliphatic hydroxyl groups is 1. The topological polar surface area (TPSA) is 45.1 Å². The molecule has 0 aliphatic rings. The zero-order valence-electron chi connectivity index (χ0n) is 9.88. The molecule has 3 nitrogen and oxygen atoms in total. The van der Waals surface area contributed by atoms with E-state index in [2.05, 4.69) is 26.2 Å². The first-order valence-electron chi connectivity index (χ1n) is 5.79. The molecule has 0 aliphatic heterocycles. The fraction of sp³-hybridized carbons (Fsp3) is 0.214. The summed E-state index contributed by atoms with van der Waals surface area (Å²) >= 11 is 3.37. The first-order valence-corrected chi connectivity index (χ1v) is 6.58. The molecule has 0 spiro atoms. The van der Waals surface area contributed by atoms with E-state index >= 15 is 0 Å². The van der Waals surface area contributed by atoms with Gasteiger partial charge in [-0.25, -0.2) is 0 Å². The van der Waals surface area contributed by atoms with Crippen LogP contribution in [-0.2, 0) is 6.54 Å². The summed E-state index contributed by atoms with van der Waals surface area (Å²) < 4.78 is 1.02. The standard InChI is InChI=1S/C14H15BrN2O/c15-13-3-1-12(2-4-13)14(18)10-17-9-11-5-7-16-8-6-11/h1-8,14,17-18H,9-10H2. The highest BCUT2D eigenvalue weighted by Gasteiger charge is 2.06. The van der Waals surface area contributed by atoms with Gasteiger partial charge in [0, 0.05) is 30.0 Å². The van der Waals surface area contributed by atoms with Crippen LogP contribution in [0.3, 0.4) is 0 Å². The third-order valence-electron chi connectivity index (χ3n) is 2.67. The second kappa shape index (κ2) is 6.64. The number of halogens is 1. The zero-order valence-corrected chi connectivity index (χ0v) is 11.5. The SMILES string of the molecule is OC(CNCc1ccncc1)c1ccc(Br)cc1. The molecular formula is C14H15BrN2O. The Hall–Kier alpha value is -1.23. The van der Waals surface area contributed by atoms with Crippen molar-refractivity contribution < 1.29 is 5.11 Å². The fourth-order valence-electron chi connectivity index (χ4n) is 1.66. The lowest BCUT2D eigenvalue weighted by molar-refractivity contribution is 0.174. The lowest BCUT2D eigenvalue weighted by Gasteiger charge is -2.12. The van der Waals surface area contributed by atoms with E-state index in [4.69, 9.17) is 0 Å². The van der Waals surface area contributed by atoms with Crippen molar-refractivity contribution in [2.24, 2.45) is 0 Å². The number of nitrogens with one attached hydrogen (secondary N) is 1. The highest BCUT2D eigenvalue weighted by Crippen LogP contribution is 2.16. The van der Waals surface area contributed by atoms with E-state index in [9.17, 15) is 5.11 Å². The average Bonchev–Trinajstić information content (AvgIpc) is 2.40. The molecular weight excluding hydrogens is 292 g/mol. The molecule has 18 heavy (non-hydrogen) atoms. The van der Waals surface area contributed by atoms with Crippen molar-refractivity contribution in [3.8, 4) is 0 Å². The summed E-state index contributed by atoms with van der Waals surface area (Å²) in [5.41, 5.74) is 2.08. The minimum atomic E-state index is -0.486. The normalized spacial score (nSPS) is 12.3. The maximum atomic E-state index is 10.00. The second-order valence-corrected chi connectivity index (χ2v) is 4.97. The Morgan fingerprint density at radius 3 is 2.44 bits per heavy atom. The van der Waals surface area contributed by atoms with Gasteiger partial charge in [-0.15, -0.1) is 0 Å². The van der Waals surface area contributed by atoms with Gasteiger partial charge in [-0.05, 0) is 35.4 Å². The molecule has 2 N–H and O–H groups in total. The predicted molar refractivity (Wildman–Crippen MR) is 75.0 cm³/mol. The molecule has 0 amide bonds. The zero-order chi connectivity index (χ0) is 12.8. The Bertz CT molecular complexity index is 473. The molecule has 0 bridgehead atoms. The first-order chi connectivity index (χ1) is 8.75. The van der Waals surface area contributed by atoms with Crippen LogP contribution in [0.15, 0.2) is 53.3 Å². The van der Waals surface area contributed by atoms with Gasteiger partial charge in [0.1, 0.15) is 0 Å². The highest BCUT2D eigenvalue weighted by molar-refractivity contribution is 9.10. The van der Waals surface area contributed by atoms with Crippen LogP contribution in [0.1, 0.15) is 17.2 Å². The Morgan fingerprint density at radius 2 is 1.78 bits per heavy atom. The second-order valence-electron chi connectivity index (χ2n) is 4.05. The van der Waals surface area contributed by atoms with E-state index in [1.807, 2.05) is 36.4 Å². The van der Waals surface area contributed by atoms with E-state index < -0.39 is 6.10 Å². The van der Waals surface area contributed by atoms with Crippen LogP contribution < -0.4 is 5.32 Å². The third-order valence-corrected chi connectivity index (χ3v) is 3.20. The molecule has 1 unspecified atom stereocenters. The Balaban J connectivity index is 1.81. The van der Waals surface area contributed by atoms with Gasteiger partial charge < -0.3 is 10.4 Å². The van der Waals surface area contributed by atoms with Gasteiger partial charge in [-0.3, -0.25) is 4.98 Å². The van der Waals surface area contributed by atoms with Crippen LogP contribution in [0.4, 0.5) is 0 Å². The van der Waals surface area contributed by atoms with Crippen LogP contribution in [0.5, 0.6) is 0 Å². The van der Waals surface area contributed by atoms with E-state index in [1.54, 1.807) is 12.4 Å². The van der Waals surface area contributed by atoms with E-state index in [-0.39, 0.29) is 0 Å². The molecule has 2 rings (SSSR count). The molecule has 2 aromatic rings.